The van der Waals surface area contributed by atoms with Gasteiger partial charge in [0.05, 0.1) is 5.41 Å². The summed E-state index contributed by atoms with van der Waals surface area (Å²) < 4.78 is 0. The van der Waals surface area contributed by atoms with E-state index in [4.69, 9.17) is 0 Å². The Bertz CT molecular complexity index is 786. The Morgan fingerprint density at radius 2 is 1.52 bits per heavy atom. The molecule has 0 aliphatic heterocycles. The van der Waals surface area contributed by atoms with Crippen LogP contribution in [0.25, 0.3) is 0 Å². The van der Waals surface area contributed by atoms with Gasteiger partial charge in [-0.05, 0) is 73.3 Å². The highest BCUT2D eigenvalue weighted by atomic mass is 16.2. The first kappa shape index (κ1) is 20.4. The summed E-state index contributed by atoms with van der Waals surface area (Å²) in [6.45, 7) is 10.4. The molecule has 0 spiro atoms. The van der Waals surface area contributed by atoms with Crippen molar-refractivity contribution in [2.24, 2.45) is 17.3 Å². The molecule has 4 saturated carbocycles. The van der Waals surface area contributed by atoms with E-state index in [1.165, 1.54) is 17.5 Å². The SMILES string of the molecule is CC(=O)NC12C[C@H]3C[C@@H](C1)CC(C(=O)Nc1c(C(C)C)cccc1C(C)C)(C3)C2. The smallest absolute Gasteiger partial charge is 0.230 e. The molecule has 1 aromatic rings. The van der Waals surface area contributed by atoms with Gasteiger partial charge in [0.2, 0.25) is 11.8 Å². The standard InChI is InChI=1S/C25H36N2O2/c1-15(2)20-7-6-8-21(16(3)4)22(20)26-23(29)24-10-18-9-19(11-24)13-25(12-18,14-24)27-17(5)28/h6-8,15-16,18-19H,9-14H2,1-5H3,(H,26,29)(H,27,28)/t18-,19+,24?,25?. The maximum atomic E-state index is 13.8. The second-order valence-electron chi connectivity index (χ2n) is 10.8. The minimum atomic E-state index is -0.342. The number of hydrogen-bond acceptors (Lipinski definition) is 2. The minimum absolute atomic E-state index is 0.0368. The molecule has 4 nitrogen and oxygen atoms in total. The van der Waals surface area contributed by atoms with Gasteiger partial charge in [-0.25, -0.2) is 0 Å². The van der Waals surface area contributed by atoms with Crippen LogP contribution in [-0.4, -0.2) is 17.4 Å². The van der Waals surface area contributed by atoms with Crippen LogP contribution in [-0.2, 0) is 9.59 Å². The van der Waals surface area contributed by atoms with Gasteiger partial charge in [-0.2, -0.15) is 0 Å². The van der Waals surface area contributed by atoms with Crippen LogP contribution in [0.3, 0.4) is 0 Å². The van der Waals surface area contributed by atoms with Crippen molar-refractivity contribution in [3.05, 3.63) is 29.3 Å². The number of rotatable bonds is 5. The molecular weight excluding hydrogens is 360 g/mol. The first-order valence-electron chi connectivity index (χ1n) is 11.4. The van der Waals surface area contributed by atoms with E-state index in [0.29, 0.717) is 23.7 Å². The van der Waals surface area contributed by atoms with Gasteiger partial charge >= 0.3 is 0 Å². The molecule has 4 aliphatic carbocycles. The summed E-state index contributed by atoms with van der Waals surface area (Å²) in [6.07, 6.45) is 6.03. The van der Waals surface area contributed by atoms with Crippen LogP contribution in [0.1, 0.15) is 96.1 Å². The van der Waals surface area contributed by atoms with Crippen LogP contribution in [0.15, 0.2) is 18.2 Å². The summed E-state index contributed by atoms with van der Waals surface area (Å²) >= 11 is 0. The fraction of sp³-hybridized carbons (Fsp3) is 0.680. The van der Waals surface area contributed by atoms with Crippen molar-refractivity contribution in [1.82, 2.24) is 5.32 Å². The number of para-hydroxylation sites is 1. The summed E-state index contributed by atoms with van der Waals surface area (Å²) in [5, 5.41) is 6.69. The van der Waals surface area contributed by atoms with E-state index in [9.17, 15) is 9.59 Å². The third-order valence-electron chi connectivity index (χ3n) is 7.60. The predicted octanol–water partition coefficient (Wildman–Crippen LogP) is 5.35. The molecule has 0 heterocycles. The van der Waals surface area contributed by atoms with Crippen molar-refractivity contribution in [2.45, 2.75) is 90.5 Å². The number of hydrogen-bond donors (Lipinski definition) is 2. The lowest BCUT2D eigenvalue weighted by Gasteiger charge is -2.61. The van der Waals surface area contributed by atoms with E-state index >= 15 is 0 Å². The van der Waals surface area contributed by atoms with E-state index in [2.05, 4.69) is 56.5 Å². The summed E-state index contributed by atoms with van der Waals surface area (Å²) in [4.78, 5) is 25.7. The number of anilines is 1. The predicted molar refractivity (Wildman–Crippen MR) is 117 cm³/mol. The fourth-order valence-corrected chi connectivity index (χ4v) is 6.99. The van der Waals surface area contributed by atoms with Crippen molar-refractivity contribution < 1.29 is 9.59 Å². The van der Waals surface area contributed by atoms with Crippen molar-refractivity contribution in [1.29, 1.82) is 0 Å². The maximum absolute atomic E-state index is 13.8. The molecule has 0 aromatic heterocycles. The number of amides is 2. The van der Waals surface area contributed by atoms with Gasteiger partial charge in [-0.15, -0.1) is 0 Å². The summed E-state index contributed by atoms with van der Waals surface area (Å²) in [7, 11) is 0. The monoisotopic (exact) mass is 396 g/mol. The zero-order valence-corrected chi connectivity index (χ0v) is 18.6. The van der Waals surface area contributed by atoms with Crippen LogP contribution in [0, 0.1) is 17.3 Å². The Labute approximate surface area is 175 Å². The molecule has 4 fully saturated rings. The molecule has 5 rings (SSSR count). The van der Waals surface area contributed by atoms with Gasteiger partial charge in [-0.3, -0.25) is 9.59 Å². The molecule has 4 heteroatoms. The summed E-state index contributed by atoms with van der Waals surface area (Å²) in [5.41, 5.74) is 2.93. The van der Waals surface area contributed by atoms with E-state index in [-0.39, 0.29) is 22.8 Å². The van der Waals surface area contributed by atoms with Crippen LogP contribution >= 0.6 is 0 Å². The Hall–Kier alpha value is -1.84. The highest BCUT2D eigenvalue weighted by Crippen LogP contribution is 2.62. The first-order chi connectivity index (χ1) is 13.6. The topological polar surface area (TPSA) is 58.2 Å². The van der Waals surface area contributed by atoms with Crippen molar-refractivity contribution in [2.75, 3.05) is 5.32 Å². The third kappa shape index (κ3) is 3.60. The molecule has 2 unspecified atom stereocenters. The largest absolute Gasteiger partial charge is 0.351 e. The number of carbonyl (C=O) groups excluding carboxylic acids is 2. The molecule has 4 aliphatic rings. The lowest BCUT2D eigenvalue weighted by Crippen LogP contribution is -2.65. The van der Waals surface area contributed by atoms with Crippen molar-refractivity contribution >= 4 is 17.5 Å². The second-order valence-corrected chi connectivity index (χ2v) is 10.8. The lowest BCUT2D eigenvalue weighted by atomic mass is 9.46. The van der Waals surface area contributed by atoms with Crippen LogP contribution < -0.4 is 10.6 Å². The zero-order valence-electron chi connectivity index (χ0n) is 18.6. The zero-order chi connectivity index (χ0) is 21.0. The highest BCUT2D eigenvalue weighted by molar-refractivity contribution is 5.97. The fourth-order valence-electron chi connectivity index (χ4n) is 6.99. The quantitative estimate of drug-likeness (QED) is 0.705. The normalized spacial score (nSPS) is 32.7. The Morgan fingerprint density at radius 1 is 0.966 bits per heavy atom. The molecule has 1 aromatic carbocycles. The molecule has 0 radical (unpaired) electrons. The van der Waals surface area contributed by atoms with Crippen LogP contribution in [0.5, 0.6) is 0 Å². The van der Waals surface area contributed by atoms with E-state index < -0.39 is 0 Å². The van der Waals surface area contributed by atoms with Crippen LogP contribution in [0.4, 0.5) is 5.69 Å². The molecule has 4 bridgehead atoms. The summed E-state index contributed by atoms with van der Waals surface area (Å²) in [5.74, 6) is 2.03. The molecule has 0 saturated heterocycles. The summed E-state index contributed by atoms with van der Waals surface area (Å²) in [6, 6.07) is 6.39. The Morgan fingerprint density at radius 3 is 2.00 bits per heavy atom. The van der Waals surface area contributed by atoms with Gasteiger partial charge in [0.1, 0.15) is 0 Å². The van der Waals surface area contributed by atoms with Gasteiger partial charge in [-0.1, -0.05) is 45.9 Å². The number of nitrogens with one attached hydrogen (secondary N) is 2. The van der Waals surface area contributed by atoms with Crippen LogP contribution in [0.2, 0.25) is 0 Å². The van der Waals surface area contributed by atoms with Gasteiger partial charge in [0.25, 0.3) is 0 Å². The molecule has 29 heavy (non-hydrogen) atoms. The Balaban J connectivity index is 1.67. The molecule has 2 amide bonds. The maximum Gasteiger partial charge on any atom is 0.230 e. The van der Waals surface area contributed by atoms with Gasteiger partial charge in [0, 0.05) is 18.2 Å². The molecule has 4 atom stereocenters. The Kier molecular flexibility index (Phi) is 5.03. The average molecular weight is 397 g/mol. The minimum Gasteiger partial charge on any atom is -0.351 e. The molecule has 2 N–H and O–H groups in total. The van der Waals surface area contributed by atoms with Crippen molar-refractivity contribution in [3.8, 4) is 0 Å². The van der Waals surface area contributed by atoms with E-state index in [1.807, 2.05) is 0 Å². The van der Waals surface area contributed by atoms with Gasteiger partial charge < -0.3 is 10.6 Å². The second kappa shape index (κ2) is 7.14. The molecular formula is C25H36N2O2. The lowest BCUT2D eigenvalue weighted by molar-refractivity contribution is -0.148. The highest BCUT2D eigenvalue weighted by Gasteiger charge is 2.60. The average Bonchev–Trinajstić information content (AvgIpc) is 2.59. The van der Waals surface area contributed by atoms with Crippen molar-refractivity contribution in [3.63, 3.8) is 0 Å². The number of carbonyl (C=O) groups is 2. The van der Waals surface area contributed by atoms with Gasteiger partial charge in [0.15, 0.2) is 0 Å². The first-order valence-corrected chi connectivity index (χ1v) is 11.4. The van der Waals surface area contributed by atoms with E-state index in [0.717, 1.165) is 37.8 Å². The third-order valence-corrected chi connectivity index (χ3v) is 7.60. The number of benzene rings is 1. The van der Waals surface area contributed by atoms with E-state index in [1.54, 1.807) is 6.92 Å². The molecule has 158 valence electrons.